The first kappa shape index (κ1) is 18.3. The minimum atomic E-state index is -4.85. The lowest BCUT2D eigenvalue weighted by Crippen LogP contribution is -2.29. The third-order valence-electron chi connectivity index (χ3n) is 3.16. The van der Waals surface area contributed by atoms with Crippen LogP contribution < -0.4 is 9.46 Å². The minimum Gasteiger partial charge on any atom is -0.406 e. The Bertz CT molecular complexity index is 785. The highest BCUT2D eigenvalue weighted by Crippen LogP contribution is 2.24. The molecule has 0 amide bonds. The summed E-state index contributed by atoms with van der Waals surface area (Å²) in [6.45, 7) is -0.277. The van der Waals surface area contributed by atoms with E-state index in [1.54, 1.807) is 29.9 Å². The van der Waals surface area contributed by atoms with Gasteiger partial charge in [-0.1, -0.05) is 0 Å². The predicted molar refractivity (Wildman–Crippen MR) is 78.7 cm³/mol. The van der Waals surface area contributed by atoms with Gasteiger partial charge >= 0.3 is 6.36 Å². The highest BCUT2D eigenvalue weighted by atomic mass is 32.2. The number of halogens is 3. The molecule has 0 saturated heterocycles. The van der Waals surface area contributed by atoms with E-state index in [4.69, 9.17) is 0 Å². The number of aryl methyl sites for hydroxylation is 1. The molecule has 0 radical (unpaired) electrons. The molecule has 1 aromatic heterocycles. The van der Waals surface area contributed by atoms with Crippen molar-refractivity contribution in [3.05, 3.63) is 48.3 Å². The van der Waals surface area contributed by atoms with Crippen LogP contribution in [0.1, 0.15) is 11.8 Å². The molecular weight excluding hydrogens is 349 g/mol. The number of hydrogen-bond acceptors (Lipinski definition) is 4. The van der Waals surface area contributed by atoms with Crippen LogP contribution in [0.15, 0.2) is 47.5 Å². The van der Waals surface area contributed by atoms with Gasteiger partial charge in [0, 0.05) is 25.5 Å². The predicted octanol–water partition coefficient (Wildman–Crippen LogP) is 1.94. The van der Waals surface area contributed by atoms with Gasteiger partial charge in [0.2, 0.25) is 10.0 Å². The first-order valence-corrected chi connectivity index (χ1v) is 8.21. The summed E-state index contributed by atoms with van der Waals surface area (Å²) in [4.78, 5) is -0.240. The number of rotatable bonds is 6. The Balaban J connectivity index is 2.03. The summed E-state index contributed by atoms with van der Waals surface area (Å²) in [5, 5.41) is 9.98. The van der Waals surface area contributed by atoms with Crippen molar-refractivity contribution in [1.82, 2.24) is 9.29 Å². The van der Waals surface area contributed by atoms with Gasteiger partial charge in [-0.2, -0.15) is 0 Å². The number of ether oxygens (including phenoxy) is 1. The Morgan fingerprint density at radius 1 is 1.25 bits per heavy atom. The molecule has 0 saturated carbocycles. The van der Waals surface area contributed by atoms with E-state index in [9.17, 15) is 26.7 Å². The van der Waals surface area contributed by atoms with Gasteiger partial charge in [0.15, 0.2) is 0 Å². The number of nitrogens with one attached hydrogen (secondary N) is 1. The fourth-order valence-electron chi connectivity index (χ4n) is 2.02. The SMILES string of the molecule is Cn1cccc1[C@@H](O)CNS(=O)(=O)c1ccc(OC(F)(F)F)cc1. The molecule has 0 unspecified atom stereocenters. The number of nitrogens with zero attached hydrogens (tertiary/aromatic N) is 1. The number of sulfonamides is 1. The number of alkyl halides is 3. The topological polar surface area (TPSA) is 80.6 Å². The fraction of sp³-hybridized carbons (Fsp3) is 0.286. The summed E-state index contributed by atoms with van der Waals surface area (Å²) >= 11 is 0. The van der Waals surface area contributed by atoms with Gasteiger partial charge in [-0.3, -0.25) is 0 Å². The molecule has 0 spiro atoms. The van der Waals surface area contributed by atoms with Crippen LogP contribution in [0.3, 0.4) is 0 Å². The first-order chi connectivity index (χ1) is 11.1. The maximum Gasteiger partial charge on any atom is 0.573 e. The molecule has 24 heavy (non-hydrogen) atoms. The van der Waals surface area contributed by atoms with E-state index in [0.29, 0.717) is 5.69 Å². The van der Waals surface area contributed by atoms with Gasteiger partial charge in [0.05, 0.1) is 4.90 Å². The maximum atomic E-state index is 12.1. The van der Waals surface area contributed by atoms with Crippen LogP contribution in [0.5, 0.6) is 5.75 Å². The van der Waals surface area contributed by atoms with Gasteiger partial charge in [-0.05, 0) is 36.4 Å². The van der Waals surface area contributed by atoms with E-state index in [2.05, 4.69) is 9.46 Å². The van der Waals surface area contributed by atoms with Crippen molar-refractivity contribution in [2.45, 2.75) is 17.4 Å². The second-order valence-electron chi connectivity index (χ2n) is 4.93. The Morgan fingerprint density at radius 3 is 2.38 bits per heavy atom. The second-order valence-corrected chi connectivity index (χ2v) is 6.70. The summed E-state index contributed by atoms with van der Waals surface area (Å²) < 4.78 is 67.9. The average molecular weight is 364 g/mol. The molecule has 1 atom stereocenters. The summed E-state index contributed by atoms with van der Waals surface area (Å²) in [5.74, 6) is -0.523. The van der Waals surface area contributed by atoms with Crippen LogP contribution in [0.2, 0.25) is 0 Å². The van der Waals surface area contributed by atoms with Crippen LogP contribution in [0.25, 0.3) is 0 Å². The molecule has 0 bridgehead atoms. The highest BCUT2D eigenvalue weighted by Gasteiger charge is 2.31. The van der Waals surface area contributed by atoms with Gasteiger partial charge < -0.3 is 14.4 Å². The van der Waals surface area contributed by atoms with Crippen LogP contribution in [0, 0.1) is 0 Å². The Morgan fingerprint density at radius 2 is 1.88 bits per heavy atom. The van der Waals surface area contributed by atoms with Crippen molar-refractivity contribution < 1.29 is 31.4 Å². The van der Waals surface area contributed by atoms with E-state index in [1.165, 1.54) is 0 Å². The standard InChI is InChI=1S/C14H15F3N2O4S/c1-19-8-2-3-12(19)13(20)9-18-24(21,22)11-6-4-10(5-7-11)23-14(15,16)17/h2-8,13,18,20H,9H2,1H3/t13-/m0/s1. The van der Waals surface area contributed by atoms with Crippen molar-refractivity contribution in [3.63, 3.8) is 0 Å². The summed E-state index contributed by atoms with van der Waals surface area (Å²) in [6, 6.07) is 7.11. The minimum absolute atomic E-state index is 0.240. The van der Waals surface area contributed by atoms with Crippen molar-refractivity contribution in [2.75, 3.05) is 6.54 Å². The lowest BCUT2D eigenvalue weighted by molar-refractivity contribution is -0.274. The Hall–Kier alpha value is -2.04. The molecule has 0 aliphatic carbocycles. The quantitative estimate of drug-likeness (QED) is 0.821. The van der Waals surface area contributed by atoms with E-state index < -0.39 is 28.2 Å². The number of aliphatic hydroxyl groups excluding tert-OH is 1. The molecule has 2 rings (SSSR count). The molecule has 10 heteroatoms. The molecule has 0 fully saturated rings. The van der Waals surface area contributed by atoms with Crippen molar-refractivity contribution in [2.24, 2.45) is 7.05 Å². The Labute approximate surface area is 136 Å². The van der Waals surface area contributed by atoms with Crippen LogP contribution in [-0.2, 0) is 17.1 Å². The van der Waals surface area contributed by atoms with Crippen LogP contribution in [0.4, 0.5) is 13.2 Å². The van der Waals surface area contributed by atoms with Crippen molar-refractivity contribution in [1.29, 1.82) is 0 Å². The zero-order valence-electron chi connectivity index (χ0n) is 12.5. The van der Waals surface area contributed by atoms with Gasteiger partial charge in [-0.15, -0.1) is 13.2 Å². The second kappa shape index (κ2) is 6.83. The monoisotopic (exact) mass is 364 g/mol. The molecule has 6 nitrogen and oxygen atoms in total. The van der Waals surface area contributed by atoms with Crippen molar-refractivity contribution in [3.8, 4) is 5.75 Å². The maximum absolute atomic E-state index is 12.1. The highest BCUT2D eigenvalue weighted by molar-refractivity contribution is 7.89. The van der Waals surface area contributed by atoms with Gasteiger partial charge in [0.1, 0.15) is 11.9 Å². The molecule has 2 aromatic rings. The number of aliphatic hydroxyl groups is 1. The molecular formula is C14H15F3N2O4S. The number of hydrogen-bond donors (Lipinski definition) is 2. The smallest absolute Gasteiger partial charge is 0.406 e. The van der Waals surface area contributed by atoms with E-state index >= 15 is 0 Å². The molecule has 132 valence electrons. The number of aromatic nitrogens is 1. The third-order valence-corrected chi connectivity index (χ3v) is 4.60. The van der Waals surface area contributed by atoms with Crippen molar-refractivity contribution >= 4 is 10.0 Å². The average Bonchev–Trinajstić information content (AvgIpc) is 2.90. The van der Waals surface area contributed by atoms with E-state index in [-0.39, 0.29) is 11.4 Å². The lowest BCUT2D eigenvalue weighted by Gasteiger charge is -2.14. The fourth-order valence-corrected chi connectivity index (χ4v) is 3.06. The zero-order chi connectivity index (χ0) is 18.0. The summed E-state index contributed by atoms with van der Waals surface area (Å²) in [5.41, 5.74) is 0.520. The molecule has 0 aliphatic rings. The van der Waals surface area contributed by atoms with Gasteiger partial charge in [-0.25, -0.2) is 13.1 Å². The van der Waals surface area contributed by atoms with E-state index in [0.717, 1.165) is 24.3 Å². The summed E-state index contributed by atoms with van der Waals surface area (Å²) in [7, 11) is -2.27. The van der Waals surface area contributed by atoms with Crippen LogP contribution in [-0.4, -0.2) is 31.0 Å². The third kappa shape index (κ3) is 4.73. The van der Waals surface area contributed by atoms with E-state index in [1.807, 2.05) is 0 Å². The normalized spacial score (nSPS) is 13.7. The first-order valence-electron chi connectivity index (χ1n) is 6.73. The van der Waals surface area contributed by atoms with Gasteiger partial charge in [0.25, 0.3) is 0 Å². The molecule has 1 heterocycles. The zero-order valence-corrected chi connectivity index (χ0v) is 13.3. The van der Waals surface area contributed by atoms with Crippen LogP contribution >= 0.6 is 0 Å². The molecule has 0 aliphatic heterocycles. The Kier molecular flexibility index (Phi) is 5.21. The largest absolute Gasteiger partial charge is 0.573 e. The molecule has 2 N–H and O–H groups in total. The molecule has 1 aromatic carbocycles. The summed E-state index contributed by atoms with van der Waals surface area (Å²) in [6.07, 6.45) is -4.21. The number of benzene rings is 1. The lowest BCUT2D eigenvalue weighted by atomic mass is 10.2.